The van der Waals surface area contributed by atoms with Crippen LogP contribution in [0, 0.1) is 0 Å². The summed E-state index contributed by atoms with van der Waals surface area (Å²) in [7, 11) is 0. The molecule has 0 aliphatic carbocycles. The molecule has 2 aromatic carbocycles. The predicted molar refractivity (Wildman–Crippen MR) is 151 cm³/mol. The van der Waals surface area contributed by atoms with E-state index in [1.807, 2.05) is 0 Å². The Morgan fingerprint density at radius 3 is 2.17 bits per heavy atom. The van der Waals surface area contributed by atoms with Gasteiger partial charge in [-0.2, -0.15) is 0 Å². The molecule has 10 atom stereocenters. The molecule has 46 heavy (non-hydrogen) atoms. The summed E-state index contributed by atoms with van der Waals surface area (Å²) < 4.78 is 33.4. The Hall–Kier alpha value is -3.75. The van der Waals surface area contributed by atoms with Gasteiger partial charge >= 0.3 is 0 Å². The minimum atomic E-state index is -1.97. The molecular weight excluding hydrogens is 620 g/mol. The second kappa shape index (κ2) is 13.5. The number of rotatable bonds is 9. The molecule has 5 rings (SSSR count). The van der Waals surface area contributed by atoms with Gasteiger partial charge in [-0.15, -0.1) is 0 Å². The van der Waals surface area contributed by atoms with Gasteiger partial charge in [-0.3, -0.25) is 4.79 Å². The molecular formula is C29H34O17. The van der Waals surface area contributed by atoms with E-state index in [4.69, 9.17) is 33.2 Å². The smallest absolute Gasteiger partial charge is 0.239 e. The highest BCUT2D eigenvalue weighted by atomic mass is 16.7. The van der Waals surface area contributed by atoms with Crippen molar-refractivity contribution < 1.29 is 79.2 Å². The second-order valence-corrected chi connectivity index (χ2v) is 10.8. The lowest BCUT2D eigenvalue weighted by Crippen LogP contribution is -2.61. The first-order valence-corrected chi connectivity index (χ1v) is 14.1. The average Bonchev–Trinajstić information content (AvgIpc) is 3.02. The summed E-state index contributed by atoms with van der Waals surface area (Å²) in [6.07, 6.45) is -16.2. The summed E-state index contributed by atoms with van der Waals surface area (Å²) >= 11 is 0. The SMILES string of the molecule is C[C@@H]1O[C@@H](OC[C@H]2OC(Oc3c(-c4ccc(O)c(O)c4)oc4cc(OCCO)cc(O)c4c3=O)[C@H](O)[C@@H](O)[C@@H]2O)[C@H](O)[C@H](O)[C@H]1O. The van der Waals surface area contributed by atoms with E-state index in [1.54, 1.807) is 0 Å². The maximum atomic E-state index is 13.8. The van der Waals surface area contributed by atoms with E-state index in [-0.39, 0.29) is 35.9 Å². The van der Waals surface area contributed by atoms with Crippen LogP contribution in [0.1, 0.15) is 6.92 Å². The number of phenolic OH excluding ortho intramolecular Hbond substituents is 3. The lowest BCUT2D eigenvalue weighted by molar-refractivity contribution is -0.318. The Labute approximate surface area is 259 Å². The molecule has 3 aromatic rings. The molecule has 0 spiro atoms. The average molecular weight is 655 g/mol. The van der Waals surface area contributed by atoms with Gasteiger partial charge in [-0.25, -0.2) is 0 Å². The molecule has 2 aliphatic rings. The topological polar surface area (TPSA) is 279 Å². The summed E-state index contributed by atoms with van der Waals surface area (Å²) in [5, 5.41) is 101. The third-order valence-corrected chi connectivity index (χ3v) is 7.64. The third-order valence-electron chi connectivity index (χ3n) is 7.64. The molecule has 0 radical (unpaired) electrons. The van der Waals surface area contributed by atoms with Crippen LogP contribution in [-0.4, -0.2) is 132 Å². The van der Waals surface area contributed by atoms with E-state index in [0.717, 1.165) is 18.2 Å². The molecule has 0 amide bonds. The lowest BCUT2D eigenvalue weighted by Gasteiger charge is -2.42. The molecule has 10 N–H and O–H groups in total. The van der Waals surface area contributed by atoms with Gasteiger partial charge in [0.05, 0.1) is 19.3 Å². The van der Waals surface area contributed by atoms with Crippen molar-refractivity contribution in [2.75, 3.05) is 19.8 Å². The summed E-state index contributed by atoms with van der Waals surface area (Å²) in [5.74, 6) is -2.73. The molecule has 1 unspecified atom stereocenters. The first-order chi connectivity index (χ1) is 21.8. The fourth-order valence-corrected chi connectivity index (χ4v) is 5.07. The Kier molecular flexibility index (Phi) is 9.89. The molecule has 252 valence electrons. The minimum Gasteiger partial charge on any atom is -0.507 e. The lowest BCUT2D eigenvalue weighted by atomic mass is 9.98. The number of fused-ring (bicyclic) bond motifs is 1. The van der Waals surface area contributed by atoms with Crippen molar-refractivity contribution in [3.05, 3.63) is 40.6 Å². The van der Waals surface area contributed by atoms with Crippen molar-refractivity contribution in [2.45, 2.75) is 68.3 Å². The summed E-state index contributed by atoms with van der Waals surface area (Å²) in [6, 6.07) is 5.72. The first kappa shape index (κ1) is 33.6. The predicted octanol–water partition coefficient (Wildman–Crippen LogP) is -2.02. The van der Waals surface area contributed by atoms with Gasteiger partial charge in [0.15, 0.2) is 23.5 Å². The Bertz CT molecular complexity index is 1590. The zero-order valence-electron chi connectivity index (χ0n) is 24.1. The number of aromatic hydroxyl groups is 3. The molecule has 2 saturated heterocycles. The maximum absolute atomic E-state index is 13.8. The highest BCUT2D eigenvalue weighted by molar-refractivity contribution is 5.88. The summed E-state index contributed by atoms with van der Waals surface area (Å²) in [4.78, 5) is 13.8. The van der Waals surface area contributed by atoms with Gasteiger partial charge in [0.2, 0.25) is 17.5 Å². The fourth-order valence-electron chi connectivity index (χ4n) is 5.07. The third kappa shape index (κ3) is 6.42. The zero-order valence-corrected chi connectivity index (χ0v) is 24.1. The van der Waals surface area contributed by atoms with Gasteiger partial charge in [0, 0.05) is 17.7 Å². The Morgan fingerprint density at radius 1 is 0.783 bits per heavy atom. The van der Waals surface area contributed by atoms with E-state index >= 15 is 0 Å². The van der Waals surface area contributed by atoms with E-state index in [0.29, 0.717) is 0 Å². The Morgan fingerprint density at radius 2 is 1.48 bits per heavy atom. The van der Waals surface area contributed by atoms with Gasteiger partial charge < -0.3 is 79.2 Å². The minimum absolute atomic E-state index is 0.0189. The maximum Gasteiger partial charge on any atom is 0.239 e. The summed E-state index contributed by atoms with van der Waals surface area (Å²) in [6.45, 7) is 0.332. The number of phenols is 3. The van der Waals surface area contributed by atoms with Crippen LogP contribution in [0.25, 0.3) is 22.3 Å². The molecule has 17 heteroatoms. The number of ether oxygens (including phenoxy) is 5. The molecule has 0 bridgehead atoms. The van der Waals surface area contributed by atoms with E-state index < -0.39 is 102 Å². The number of aliphatic hydroxyl groups is 7. The fraction of sp³-hybridized carbons (Fsp3) is 0.483. The number of hydrogen-bond donors (Lipinski definition) is 10. The van der Waals surface area contributed by atoms with Crippen molar-refractivity contribution in [1.29, 1.82) is 0 Å². The van der Waals surface area contributed by atoms with E-state index in [9.17, 15) is 50.8 Å². The van der Waals surface area contributed by atoms with Crippen LogP contribution in [0.2, 0.25) is 0 Å². The molecule has 1 aromatic heterocycles. The van der Waals surface area contributed by atoms with E-state index in [2.05, 4.69) is 0 Å². The molecule has 2 aliphatic heterocycles. The van der Waals surface area contributed by atoms with E-state index in [1.165, 1.54) is 19.1 Å². The van der Waals surface area contributed by atoms with Crippen LogP contribution >= 0.6 is 0 Å². The van der Waals surface area contributed by atoms with Crippen molar-refractivity contribution >= 4 is 11.0 Å². The molecule has 3 heterocycles. The number of aliphatic hydroxyl groups excluding tert-OH is 7. The highest BCUT2D eigenvalue weighted by Gasteiger charge is 2.48. The van der Waals surface area contributed by atoms with Crippen LogP contribution in [0.15, 0.2) is 39.5 Å². The second-order valence-electron chi connectivity index (χ2n) is 10.8. The van der Waals surface area contributed by atoms with Crippen molar-refractivity contribution in [2.24, 2.45) is 0 Å². The van der Waals surface area contributed by atoms with Gasteiger partial charge in [-0.1, -0.05) is 0 Å². The van der Waals surface area contributed by atoms with Crippen LogP contribution in [0.3, 0.4) is 0 Å². The van der Waals surface area contributed by atoms with Crippen molar-refractivity contribution in [3.8, 4) is 40.1 Å². The van der Waals surface area contributed by atoms with Crippen LogP contribution in [-0.2, 0) is 14.2 Å². The molecule has 2 fully saturated rings. The molecule has 17 nitrogen and oxygen atoms in total. The van der Waals surface area contributed by atoms with Crippen LogP contribution in [0.4, 0.5) is 0 Å². The zero-order chi connectivity index (χ0) is 33.4. The van der Waals surface area contributed by atoms with Gasteiger partial charge in [-0.05, 0) is 25.1 Å². The van der Waals surface area contributed by atoms with Gasteiger partial charge in [0.1, 0.15) is 71.8 Å². The van der Waals surface area contributed by atoms with Crippen molar-refractivity contribution in [3.63, 3.8) is 0 Å². The number of hydrogen-bond acceptors (Lipinski definition) is 17. The summed E-state index contributed by atoms with van der Waals surface area (Å²) in [5.41, 5.74) is -1.23. The largest absolute Gasteiger partial charge is 0.507 e. The number of benzene rings is 2. The van der Waals surface area contributed by atoms with Gasteiger partial charge in [0.25, 0.3) is 0 Å². The normalized spacial score (nSPS) is 31.6. The first-order valence-electron chi connectivity index (χ1n) is 14.1. The quantitative estimate of drug-likeness (QED) is 0.111. The highest BCUT2D eigenvalue weighted by Crippen LogP contribution is 2.39. The standard InChI is InChI=1S/C29H34O17/c1-10-19(34)22(37)24(39)28(43-10)42-9-17-20(35)23(38)25(40)29(45-17)46-27-21(36)18-15(33)7-12(41-5-4-30)8-16(18)44-26(27)11-2-3-13(31)14(32)6-11/h2-3,6-8,10,17,19-20,22-25,28-35,37-40H,4-5,9H2,1H3/t10-,17+,19-,20+,22+,23-,24+,25+,28+,29?/m0/s1. The van der Waals surface area contributed by atoms with Crippen LogP contribution in [0.5, 0.6) is 28.7 Å². The molecule has 0 saturated carbocycles. The monoisotopic (exact) mass is 654 g/mol. The van der Waals surface area contributed by atoms with Crippen LogP contribution < -0.4 is 14.9 Å². The Balaban J connectivity index is 1.49. The van der Waals surface area contributed by atoms with Crippen molar-refractivity contribution in [1.82, 2.24) is 0 Å².